The number of methoxy groups -OCH3 is 2. The molecule has 1 aromatic rings. The number of carbonyl (C=O) groups excluding carboxylic acids is 2. The van der Waals surface area contributed by atoms with Gasteiger partial charge in [-0.1, -0.05) is 0 Å². The Balaban J connectivity index is 2.41. The van der Waals surface area contributed by atoms with E-state index < -0.39 is 36.7 Å². The number of hydrogen-bond donors (Lipinski definition) is 2. The van der Waals surface area contributed by atoms with Crippen molar-refractivity contribution in [3.8, 4) is 11.5 Å². The van der Waals surface area contributed by atoms with Crippen LogP contribution < -0.4 is 20.1 Å². The number of carbonyl (C=O) groups is 2. The Labute approximate surface area is 161 Å². The maximum absolute atomic E-state index is 13.1. The Bertz CT molecular complexity index is 838. The standard InChI is InChI=1S/C17H17F5N2O5/c1-8-12(14(25)29-7-16(18,19)17(20,21)22)13(24-15(26)23-8)10-6-9(27-2)4-5-11(10)28-3/h4-6,13H,7H2,1-3H3,(H2,23,24,26)/t13-/m0/s1. The van der Waals surface area contributed by atoms with Gasteiger partial charge in [0.15, 0.2) is 6.61 Å². The topological polar surface area (TPSA) is 85.9 Å². The fourth-order valence-corrected chi connectivity index (χ4v) is 2.58. The maximum Gasteiger partial charge on any atom is 0.456 e. The Morgan fingerprint density at radius 3 is 2.34 bits per heavy atom. The van der Waals surface area contributed by atoms with Gasteiger partial charge in [0.25, 0.3) is 0 Å². The van der Waals surface area contributed by atoms with Crippen molar-refractivity contribution < 1.29 is 45.8 Å². The van der Waals surface area contributed by atoms with Crippen molar-refractivity contribution in [1.29, 1.82) is 0 Å². The molecule has 0 fully saturated rings. The molecule has 0 saturated carbocycles. The Hall–Kier alpha value is -3.05. The highest BCUT2D eigenvalue weighted by atomic mass is 19.4. The molecule has 1 aliphatic rings. The van der Waals surface area contributed by atoms with Crippen LogP contribution in [0.1, 0.15) is 18.5 Å². The first kappa shape index (κ1) is 22.2. The Morgan fingerprint density at radius 1 is 1.14 bits per heavy atom. The molecule has 2 amide bonds. The van der Waals surface area contributed by atoms with E-state index in [4.69, 9.17) is 9.47 Å². The smallest absolute Gasteiger partial charge is 0.456 e. The summed E-state index contributed by atoms with van der Waals surface area (Å²) in [5, 5.41) is 4.64. The van der Waals surface area contributed by atoms with Crippen molar-refractivity contribution in [1.82, 2.24) is 10.6 Å². The second kappa shape index (κ2) is 8.13. The van der Waals surface area contributed by atoms with Gasteiger partial charge >= 0.3 is 24.1 Å². The fraction of sp³-hybridized carbons (Fsp3) is 0.412. The summed E-state index contributed by atoms with van der Waals surface area (Å²) >= 11 is 0. The molecule has 0 spiro atoms. The summed E-state index contributed by atoms with van der Waals surface area (Å²) in [5.74, 6) is -6.17. The first-order valence-corrected chi connectivity index (χ1v) is 8.03. The van der Waals surface area contributed by atoms with Gasteiger partial charge in [-0.2, -0.15) is 22.0 Å². The molecule has 1 aromatic carbocycles. The van der Waals surface area contributed by atoms with Gasteiger partial charge in [0, 0.05) is 11.3 Å². The number of rotatable bonds is 6. The number of amides is 2. The van der Waals surface area contributed by atoms with E-state index in [1.807, 2.05) is 0 Å². The van der Waals surface area contributed by atoms with Crippen LogP contribution in [0.4, 0.5) is 26.7 Å². The van der Waals surface area contributed by atoms with E-state index >= 15 is 0 Å². The minimum Gasteiger partial charge on any atom is -0.497 e. The number of allylic oxidation sites excluding steroid dienone is 1. The summed E-state index contributed by atoms with van der Waals surface area (Å²) in [6, 6.07) is 2.44. The van der Waals surface area contributed by atoms with Crippen LogP contribution in [0.5, 0.6) is 11.5 Å². The highest BCUT2D eigenvalue weighted by Crippen LogP contribution is 2.38. The van der Waals surface area contributed by atoms with Gasteiger partial charge in [0.2, 0.25) is 0 Å². The van der Waals surface area contributed by atoms with Crippen molar-refractivity contribution >= 4 is 12.0 Å². The van der Waals surface area contributed by atoms with Crippen molar-refractivity contribution in [2.24, 2.45) is 0 Å². The predicted octanol–water partition coefficient (Wildman–Crippen LogP) is 3.07. The largest absolute Gasteiger partial charge is 0.497 e. The SMILES string of the molecule is COc1ccc(OC)c([C@@H]2NC(=O)NC(C)=C2C(=O)OCC(F)(F)C(F)(F)F)c1. The van der Waals surface area contributed by atoms with Gasteiger partial charge in [0.05, 0.1) is 25.8 Å². The van der Waals surface area contributed by atoms with Crippen LogP contribution in [0.2, 0.25) is 0 Å². The molecule has 1 aliphatic heterocycles. The molecule has 29 heavy (non-hydrogen) atoms. The Morgan fingerprint density at radius 2 is 1.79 bits per heavy atom. The quantitative estimate of drug-likeness (QED) is 0.542. The van der Waals surface area contributed by atoms with Crippen molar-refractivity contribution in [3.05, 3.63) is 35.0 Å². The highest BCUT2D eigenvalue weighted by molar-refractivity contribution is 5.95. The molecule has 2 rings (SSSR count). The number of halogens is 5. The predicted molar refractivity (Wildman–Crippen MR) is 88.6 cm³/mol. The van der Waals surface area contributed by atoms with E-state index in [0.29, 0.717) is 5.75 Å². The zero-order chi connectivity index (χ0) is 22.0. The molecule has 0 aromatic heterocycles. The Kier molecular flexibility index (Phi) is 6.24. The molecular formula is C17H17F5N2O5. The van der Waals surface area contributed by atoms with Crippen molar-refractivity contribution in [2.45, 2.75) is 25.1 Å². The first-order chi connectivity index (χ1) is 13.4. The average Bonchev–Trinajstić information content (AvgIpc) is 2.64. The lowest BCUT2D eigenvalue weighted by Crippen LogP contribution is -2.46. The average molecular weight is 424 g/mol. The minimum absolute atomic E-state index is 0.0797. The van der Waals surface area contributed by atoms with Crippen LogP contribution in [-0.4, -0.2) is 44.9 Å². The van der Waals surface area contributed by atoms with Gasteiger partial charge in [-0.3, -0.25) is 0 Å². The molecule has 7 nitrogen and oxygen atoms in total. The normalized spacial score (nSPS) is 17.4. The van der Waals surface area contributed by atoms with Crippen LogP contribution in [0, 0.1) is 0 Å². The summed E-state index contributed by atoms with van der Waals surface area (Å²) in [7, 11) is 2.68. The zero-order valence-corrected chi connectivity index (χ0v) is 15.4. The van der Waals surface area contributed by atoms with Gasteiger partial charge in [-0.05, 0) is 25.1 Å². The molecule has 0 aliphatic carbocycles. The highest BCUT2D eigenvalue weighted by Gasteiger charge is 2.58. The maximum atomic E-state index is 13.1. The lowest BCUT2D eigenvalue weighted by atomic mass is 9.94. The van der Waals surface area contributed by atoms with Gasteiger partial charge in [-0.15, -0.1) is 0 Å². The summed E-state index contributed by atoms with van der Waals surface area (Å²) in [5.41, 5.74) is -0.242. The number of urea groups is 1. The fourth-order valence-electron chi connectivity index (χ4n) is 2.58. The van der Waals surface area contributed by atoms with Crippen molar-refractivity contribution in [2.75, 3.05) is 20.8 Å². The summed E-state index contributed by atoms with van der Waals surface area (Å²) in [6.07, 6.45) is -5.88. The monoisotopic (exact) mass is 424 g/mol. The van der Waals surface area contributed by atoms with Crippen LogP contribution in [0.25, 0.3) is 0 Å². The van der Waals surface area contributed by atoms with Crippen LogP contribution in [-0.2, 0) is 9.53 Å². The number of esters is 1. The number of alkyl halides is 5. The van der Waals surface area contributed by atoms with Gasteiger partial charge < -0.3 is 24.8 Å². The van der Waals surface area contributed by atoms with Gasteiger partial charge in [-0.25, -0.2) is 9.59 Å². The molecule has 0 bridgehead atoms. The molecular weight excluding hydrogens is 407 g/mol. The zero-order valence-electron chi connectivity index (χ0n) is 15.4. The lowest BCUT2D eigenvalue weighted by molar-refractivity contribution is -0.293. The first-order valence-electron chi connectivity index (χ1n) is 8.03. The molecule has 1 atom stereocenters. The number of nitrogens with one attached hydrogen (secondary N) is 2. The lowest BCUT2D eigenvalue weighted by Gasteiger charge is -2.29. The molecule has 12 heteroatoms. The molecule has 2 N–H and O–H groups in total. The van der Waals surface area contributed by atoms with Crippen molar-refractivity contribution in [3.63, 3.8) is 0 Å². The van der Waals surface area contributed by atoms with Crippen LogP contribution >= 0.6 is 0 Å². The molecule has 160 valence electrons. The third-order valence-electron chi connectivity index (χ3n) is 4.04. The van der Waals surface area contributed by atoms with Gasteiger partial charge in [0.1, 0.15) is 11.5 Å². The molecule has 0 unspecified atom stereocenters. The molecule has 1 heterocycles. The summed E-state index contributed by atoms with van der Waals surface area (Å²) < 4.78 is 77.7. The van der Waals surface area contributed by atoms with E-state index in [1.165, 1.54) is 39.3 Å². The summed E-state index contributed by atoms with van der Waals surface area (Å²) in [4.78, 5) is 24.3. The third kappa shape index (κ3) is 4.69. The second-order valence-corrected chi connectivity index (χ2v) is 5.96. The van der Waals surface area contributed by atoms with E-state index in [-0.39, 0.29) is 22.6 Å². The number of ether oxygens (including phenoxy) is 3. The van der Waals surface area contributed by atoms with E-state index in [9.17, 15) is 31.5 Å². The molecule has 0 radical (unpaired) electrons. The third-order valence-corrected chi connectivity index (χ3v) is 4.04. The van der Waals surface area contributed by atoms with E-state index in [2.05, 4.69) is 15.4 Å². The molecule has 0 saturated heterocycles. The summed E-state index contributed by atoms with van der Waals surface area (Å²) in [6.45, 7) is -0.932. The van der Waals surface area contributed by atoms with E-state index in [1.54, 1.807) is 0 Å². The van der Waals surface area contributed by atoms with Crippen LogP contribution in [0.3, 0.4) is 0 Å². The second-order valence-electron chi connectivity index (χ2n) is 5.96. The minimum atomic E-state index is -5.88. The van der Waals surface area contributed by atoms with E-state index in [0.717, 1.165) is 0 Å². The number of hydrogen-bond acceptors (Lipinski definition) is 5. The van der Waals surface area contributed by atoms with Crippen LogP contribution in [0.15, 0.2) is 29.5 Å². The number of benzene rings is 1.